The Morgan fingerprint density at radius 1 is 1.10 bits per heavy atom. The molecule has 0 spiro atoms. The van der Waals surface area contributed by atoms with Crippen molar-refractivity contribution in [1.82, 2.24) is 0 Å². The van der Waals surface area contributed by atoms with Crippen molar-refractivity contribution in [1.29, 1.82) is 0 Å². The minimum atomic E-state index is -0.541. The molecule has 0 amide bonds. The van der Waals surface area contributed by atoms with Crippen molar-refractivity contribution >= 4 is 17.2 Å². The molecule has 0 aromatic heterocycles. The summed E-state index contributed by atoms with van der Waals surface area (Å²) in [5, 5.41) is 11.7. The van der Waals surface area contributed by atoms with E-state index < -0.39 is 17.2 Å². The maximum Gasteiger partial charge on any atom is 0.205 e. The van der Waals surface area contributed by atoms with Crippen molar-refractivity contribution in [3.63, 3.8) is 0 Å². The maximum absolute atomic E-state index is 11.7. The molecule has 0 radical (unpaired) electrons. The summed E-state index contributed by atoms with van der Waals surface area (Å²) in [6, 6.07) is 17.0. The molecule has 1 unspecified atom stereocenters. The first-order valence-electron chi connectivity index (χ1n) is 6.41. The number of hydrogen-bond donors (Lipinski definition) is 0. The van der Waals surface area contributed by atoms with Crippen LogP contribution in [-0.4, -0.2) is 19.4 Å². The van der Waals surface area contributed by atoms with Gasteiger partial charge in [-0.15, -0.1) is 0 Å². The van der Waals surface area contributed by atoms with Crippen LogP contribution in [0.15, 0.2) is 63.9 Å². The first-order valence-corrected chi connectivity index (χ1v) is 8.00. The van der Waals surface area contributed by atoms with E-state index in [1.165, 1.54) is 0 Å². The van der Waals surface area contributed by atoms with Gasteiger partial charge in [-0.25, -0.2) is 0 Å². The molecule has 21 heavy (non-hydrogen) atoms. The lowest BCUT2D eigenvalue weighted by Gasteiger charge is -2.12. The van der Waals surface area contributed by atoms with Crippen LogP contribution in [0.5, 0.6) is 5.75 Å². The molecular weight excluding hydrogens is 286 g/mol. The number of methoxy groups -OCH3 is 1. The second kappa shape index (κ2) is 7.59. The third kappa shape index (κ3) is 4.72. The van der Waals surface area contributed by atoms with Gasteiger partial charge in [0.05, 0.1) is 7.11 Å². The Kier molecular flexibility index (Phi) is 5.51. The number of benzene rings is 2. The lowest BCUT2D eigenvalue weighted by molar-refractivity contribution is -0.251. The molecule has 0 saturated heterocycles. The molecule has 0 aliphatic heterocycles. The standard InChI is InChI=1S/C16H17NO3S/c1-19-14-8-10-15(11-9-14)21(2)17-16(18)20-12-13-6-4-3-5-7-13/h3-11H,12H2,1-2H3. The van der Waals surface area contributed by atoms with Crippen LogP contribution in [0.2, 0.25) is 0 Å². The van der Waals surface area contributed by atoms with Crippen LogP contribution >= 0.6 is 0 Å². The smallest absolute Gasteiger partial charge is 0.205 e. The lowest BCUT2D eigenvalue weighted by atomic mass is 10.2. The van der Waals surface area contributed by atoms with E-state index in [0.29, 0.717) is 0 Å². The minimum Gasteiger partial charge on any atom is -0.592 e. The largest absolute Gasteiger partial charge is 0.592 e. The van der Waals surface area contributed by atoms with E-state index in [-0.39, 0.29) is 6.61 Å². The average molecular weight is 303 g/mol. The van der Waals surface area contributed by atoms with Gasteiger partial charge in [0.15, 0.2) is 16.0 Å². The number of rotatable bonds is 5. The third-order valence-electron chi connectivity index (χ3n) is 2.82. The number of nitrogens with zero attached hydrogens (tertiary/aromatic N) is 1. The number of ether oxygens (including phenoxy) is 2. The number of hydrogen-bond acceptors (Lipinski definition) is 4. The first-order chi connectivity index (χ1) is 10.2. The van der Waals surface area contributed by atoms with Gasteiger partial charge < -0.3 is 14.6 Å². The molecule has 0 heterocycles. The Labute approximate surface area is 127 Å². The van der Waals surface area contributed by atoms with Crippen molar-refractivity contribution < 1.29 is 14.6 Å². The highest BCUT2D eigenvalue weighted by atomic mass is 32.2. The molecule has 2 rings (SSSR count). The monoisotopic (exact) mass is 303 g/mol. The quantitative estimate of drug-likeness (QED) is 0.483. The van der Waals surface area contributed by atoms with Gasteiger partial charge in [-0.2, -0.15) is 0 Å². The third-order valence-corrected chi connectivity index (χ3v) is 4.19. The highest BCUT2D eigenvalue weighted by Gasteiger charge is 2.14. The van der Waals surface area contributed by atoms with Crippen molar-refractivity contribution in [3.8, 4) is 5.75 Å². The Bertz CT molecular complexity index is 584. The zero-order chi connectivity index (χ0) is 15.1. The highest BCUT2D eigenvalue weighted by molar-refractivity contribution is 7.95. The molecule has 0 bridgehead atoms. The summed E-state index contributed by atoms with van der Waals surface area (Å²) in [5.74, 6) is 0.780. The molecule has 110 valence electrons. The van der Waals surface area contributed by atoms with Crippen LogP contribution in [0, 0.1) is 0 Å². The van der Waals surface area contributed by atoms with Gasteiger partial charge >= 0.3 is 0 Å². The van der Waals surface area contributed by atoms with Crippen LogP contribution in [0.25, 0.3) is 0 Å². The van der Waals surface area contributed by atoms with Crippen LogP contribution < -0.4 is 9.84 Å². The summed E-state index contributed by atoms with van der Waals surface area (Å²) in [6.45, 7) is 0.239. The summed E-state index contributed by atoms with van der Waals surface area (Å²) in [7, 11) is 1.62. The highest BCUT2D eigenvalue weighted by Crippen LogP contribution is 2.17. The van der Waals surface area contributed by atoms with Crippen LogP contribution in [0.4, 0.5) is 0 Å². The minimum absolute atomic E-state index is 0.239. The van der Waals surface area contributed by atoms with E-state index in [0.717, 1.165) is 16.2 Å². The second-order valence-electron chi connectivity index (χ2n) is 4.28. The van der Waals surface area contributed by atoms with E-state index >= 15 is 0 Å². The molecule has 4 nitrogen and oxygen atoms in total. The molecule has 0 aliphatic rings. The van der Waals surface area contributed by atoms with E-state index in [9.17, 15) is 5.11 Å². The Balaban J connectivity index is 1.94. The van der Waals surface area contributed by atoms with E-state index in [2.05, 4.69) is 4.40 Å². The summed E-state index contributed by atoms with van der Waals surface area (Å²) in [5.41, 5.74) is 0.946. The predicted molar refractivity (Wildman–Crippen MR) is 83.2 cm³/mol. The van der Waals surface area contributed by atoms with Crippen molar-refractivity contribution in [2.75, 3.05) is 13.4 Å². The maximum atomic E-state index is 11.7. The molecule has 0 N–H and O–H groups in total. The van der Waals surface area contributed by atoms with Crippen molar-refractivity contribution in [2.24, 2.45) is 4.40 Å². The second-order valence-corrected chi connectivity index (χ2v) is 5.89. The zero-order valence-electron chi connectivity index (χ0n) is 12.0. The Hall–Kier alpha value is -2.14. The van der Waals surface area contributed by atoms with E-state index in [4.69, 9.17) is 9.47 Å². The molecule has 2 aromatic carbocycles. The fraction of sp³-hybridized carbons (Fsp3) is 0.188. The van der Waals surface area contributed by atoms with Crippen LogP contribution in [-0.2, 0) is 22.4 Å². The van der Waals surface area contributed by atoms with Gasteiger partial charge in [0.1, 0.15) is 12.0 Å². The predicted octanol–water partition coefficient (Wildman–Crippen LogP) is 2.15. The van der Waals surface area contributed by atoms with Gasteiger partial charge in [-0.3, -0.25) is 0 Å². The SMILES string of the molecule is COc1ccc([S+](C)/N=C(\[O-])OCc2ccccc2)cc1. The van der Waals surface area contributed by atoms with Crippen molar-refractivity contribution in [2.45, 2.75) is 11.5 Å². The lowest BCUT2D eigenvalue weighted by Crippen LogP contribution is -2.22. The molecule has 2 aromatic rings. The van der Waals surface area contributed by atoms with Gasteiger partial charge in [0.2, 0.25) is 6.08 Å². The van der Waals surface area contributed by atoms with E-state index in [1.54, 1.807) is 7.11 Å². The normalized spacial score (nSPS) is 12.8. The fourth-order valence-corrected chi connectivity index (χ4v) is 2.59. The Morgan fingerprint density at radius 2 is 1.76 bits per heavy atom. The zero-order valence-corrected chi connectivity index (χ0v) is 12.8. The van der Waals surface area contributed by atoms with Gasteiger partial charge in [-0.05, 0) is 34.2 Å². The van der Waals surface area contributed by atoms with Crippen LogP contribution in [0.1, 0.15) is 5.56 Å². The van der Waals surface area contributed by atoms with Crippen molar-refractivity contribution in [3.05, 3.63) is 60.2 Å². The summed E-state index contributed by atoms with van der Waals surface area (Å²) in [4.78, 5) is 0.965. The van der Waals surface area contributed by atoms with E-state index in [1.807, 2.05) is 60.9 Å². The van der Waals surface area contributed by atoms with Gasteiger partial charge in [-0.1, -0.05) is 30.3 Å². The molecule has 1 atom stereocenters. The molecule has 0 fully saturated rings. The molecule has 0 saturated carbocycles. The molecular formula is C16H17NO3S. The molecule has 5 heteroatoms. The first kappa shape index (κ1) is 15.3. The van der Waals surface area contributed by atoms with Gasteiger partial charge in [0.25, 0.3) is 0 Å². The molecule has 0 aliphatic carbocycles. The summed E-state index contributed by atoms with van der Waals surface area (Å²) < 4.78 is 14.3. The summed E-state index contributed by atoms with van der Waals surface area (Å²) in [6.07, 6.45) is 1.34. The topological polar surface area (TPSA) is 53.9 Å². The fourth-order valence-electron chi connectivity index (χ4n) is 1.68. The summed E-state index contributed by atoms with van der Waals surface area (Å²) >= 11 is -0.537. The van der Waals surface area contributed by atoms with Crippen LogP contribution in [0.3, 0.4) is 0 Å². The Morgan fingerprint density at radius 3 is 2.38 bits per heavy atom. The average Bonchev–Trinajstić information content (AvgIpc) is 2.54. The van der Waals surface area contributed by atoms with Gasteiger partial charge in [0, 0.05) is 6.61 Å².